The third-order valence-electron chi connectivity index (χ3n) is 3.36. The molecule has 3 N–H and O–H groups in total. The lowest BCUT2D eigenvalue weighted by Gasteiger charge is -2.23. The van der Waals surface area contributed by atoms with Gasteiger partial charge in [-0.2, -0.15) is 4.31 Å². The minimum Gasteiger partial charge on any atom is -0.315 e. The lowest BCUT2D eigenvalue weighted by atomic mass is 10.3. The number of primary sulfonamides is 1. The lowest BCUT2D eigenvalue weighted by molar-refractivity contribution is 0.387. The molecule has 20 heavy (non-hydrogen) atoms. The second-order valence-corrected chi connectivity index (χ2v) is 8.25. The van der Waals surface area contributed by atoms with Crippen LogP contribution in [-0.2, 0) is 20.0 Å². The van der Waals surface area contributed by atoms with E-state index in [1.807, 2.05) is 0 Å². The van der Waals surface area contributed by atoms with Gasteiger partial charge in [-0.05, 0) is 31.2 Å². The first-order valence-electron chi connectivity index (χ1n) is 6.04. The summed E-state index contributed by atoms with van der Waals surface area (Å²) in [6.07, 6.45) is 0.727. The summed E-state index contributed by atoms with van der Waals surface area (Å²) in [7, 11) is -6.16. The van der Waals surface area contributed by atoms with Gasteiger partial charge in [0.2, 0.25) is 20.0 Å². The molecule has 1 saturated heterocycles. The zero-order chi connectivity index (χ0) is 15.0. The SMILES string of the molecule is CN(C1CCNC1)S(=O)(=O)c1cccc(S(N)(=O)=O)c1. The summed E-state index contributed by atoms with van der Waals surface area (Å²) < 4.78 is 48.8. The molecule has 0 bridgehead atoms. The van der Waals surface area contributed by atoms with Crippen LogP contribution in [-0.4, -0.2) is 47.3 Å². The van der Waals surface area contributed by atoms with E-state index in [4.69, 9.17) is 5.14 Å². The van der Waals surface area contributed by atoms with Crippen molar-refractivity contribution in [2.75, 3.05) is 20.1 Å². The molecule has 1 aliphatic rings. The summed E-state index contributed by atoms with van der Waals surface area (Å²) in [5, 5.41) is 8.11. The molecule has 1 aliphatic heterocycles. The van der Waals surface area contributed by atoms with Crippen LogP contribution >= 0.6 is 0 Å². The molecular formula is C11H17N3O4S2. The van der Waals surface area contributed by atoms with Gasteiger partial charge in [-0.3, -0.25) is 0 Å². The summed E-state index contributed by atoms with van der Waals surface area (Å²) >= 11 is 0. The molecule has 0 saturated carbocycles. The summed E-state index contributed by atoms with van der Waals surface area (Å²) in [5.41, 5.74) is 0. The third kappa shape index (κ3) is 3.01. The van der Waals surface area contributed by atoms with Crippen LogP contribution in [0.1, 0.15) is 6.42 Å². The van der Waals surface area contributed by atoms with Gasteiger partial charge in [0.15, 0.2) is 0 Å². The van der Waals surface area contributed by atoms with Gasteiger partial charge >= 0.3 is 0 Å². The van der Waals surface area contributed by atoms with Gasteiger partial charge in [-0.1, -0.05) is 6.07 Å². The number of nitrogens with zero attached hydrogens (tertiary/aromatic N) is 1. The van der Waals surface area contributed by atoms with Gasteiger partial charge < -0.3 is 5.32 Å². The number of nitrogens with two attached hydrogens (primary N) is 1. The molecule has 2 rings (SSSR count). The zero-order valence-corrected chi connectivity index (χ0v) is 12.6. The Morgan fingerprint density at radius 3 is 2.45 bits per heavy atom. The summed E-state index contributed by atoms with van der Waals surface area (Å²) in [6, 6.07) is 4.96. The highest BCUT2D eigenvalue weighted by molar-refractivity contribution is 7.90. The van der Waals surface area contributed by atoms with Crippen molar-refractivity contribution >= 4 is 20.0 Å². The summed E-state index contributed by atoms with van der Waals surface area (Å²) in [5.74, 6) is 0. The Labute approximate surface area is 118 Å². The molecule has 1 aromatic rings. The molecule has 1 unspecified atom stereocenters. The largest absolute Gasteiger partial charge is 0.315 e. The van der Waals surface area contributed by atoms with Gasteiger partial charge in [0, 0.05) is 19.6 Å². The maximum Gasteiger partial charge on any atom is 0.243 e. The minimum absolute atomic E-state index is 0.0709. The van der Waals surface area contributed by atoms with Crippen molar-refractivity contribution in [3.05, 3.63) is 24.3 Å². The van der Waals surface area contributed by atoms with E-state index in [1.54, 1.807) is 0 Å². The first-order valence-corrected chi connectivity index (χ1v) is 9.03. The molecule has 1 fully saturated rings. The Morgan fingerprint density at radius 1 is 1.25 bits per heavy atom. The molecule has 0 aromatic heterocycles. The van der Waals surface area contributed by atoms with E-state index in [2.05, 4.69) is 5.32 Å². The van der Waals surface area contributed by atoms with E-state index >= 15 is 0 Å². The van der Waals surface area contributed by atoms with Crippen molar-refractivity contribution in [2.24, 2.45) is 5.14 Å². The molecule has 112 valence electrons. The Bertz CT molecular complexity index is 694. The lowest BCUT2D eigenvalue weighted by Crippen LogP contribution is -2.38. The first kappa shape index (κ1) is 15.4. The number of rotatable bonds is 4. The van der Waals surface area contributed by atoms with Crippen LogP contribution < -0.4 is 10.5 Å². The minimum atomic E-state index is -3.93. The summed E-state index contributed by atoms with van der Waals surface area (Å²) in [6.45, 7) is 1.35. The molecule has 0 amide bonds. The van der Waals surface area contributed by atoms with Gasteiger partial charge in [0.05, 0.1) is 9.79 Å². The normalized spacial score (nSPS) is 20.4. The fraction of sp³-hybridized carbons (Fsp3) is 0.455. The van der Waals surface area contributed by atoms with E-state index in [-0.39, 0.29) is 15.8 Å². The van der Waals surface area contributed by atoms with Gasteiger partial charge in [-0.25, -0.2) is 22.0 Å². The van der Waals surface area contributed by atoms with E-state index in [0.717, 1.165) is 19.0 Å². The van der Waals surface area contributed by atoms with Crippen LogP contribution in [0.2, 0.25) is 0 Å². The highest BCUT2D eigenvalue weighted by Crippen LogP contribution is 2.21. The van der Waals surface area contributed by atoms with Crippen LogP contribution in [0.5, 0.6) is 0 Å². The average molecular weight is 319 g/mol. The maximum atomic E-state index is 12.5. The quantitative estimate of drug-likeness (QED) is 0.764. The van der Waals surface area contributed by atoms with Gasteiger partial charge in [0.1, 0.15) is 0 Å². The number of hydrogen-bond acceptors (Lipinski definition) is 5. The highest BCUT2D eigenvalue weighted by Gasteiger charge is 2.30. The molecule has 0 radical (unpaired) electrons. The van der Waals surface area contributed by atoms with Crippen LogP contribution in [0, 0.1) is 0 Å². The number of nitrogens with one attached hydrogen (secondary N) is 1. The van der Waals surface area contributed by atoms with Crippen molar-refractivity contribution in [1.29, 1.82) is 0 Å². The monoisotopic (exact) mass is 319 g/mol. The first-order chi connectivity index (χ1) is 9.23. The maximum absolute atomic E-state index is 12.5. The molecule has 1 heterocycles. The molecule has 0 spiro atoms. The molecule has 1 aromatic carbocycles. The van der Waals surface area contributed by atoms with Crippen LogP contribution in [0.25, 0.3) is 0 Å². The highest BCUT2D eigenvalue weighted by atomic mass is 32.2. The van der Waals surface area contributed by atoms with Crippen molar-refractivity contribution < 1.29 is 16.8 Å². The number of hydrogen-bond donors (Lipinski definition) is 2. The number of sulfonamides is 2. The number of likely N-dealkylation sites (N-methyl/N-ethyl adjacent to an activating group) is 1. The van der Waals surface area contributed by atoms with Crippen molar-refractivity contribution in [3.63, 3.8) is 0 Å². The van der Waals surface area contributed by atoms with E-state index in [0.29, 0.717) is 6.54 Å². The van der Waals surface area contributed by atoms with Crippen molar-refractivity contribution in [2.45, 2.75) is 22.3 Å². The molecular weight excluding hydrogens is 302 g/mol. The topological polar surface area (TPSA) is 110 Å². The van der Waals surface area contributed by atoms with E-state index in [1.165, 1.54) is 29.6 Å². The Hall–Kier alpha value is -1.00. The van der Waals surface area contributed by atoms with Gasteiger partial charge in [0.25, 0.3) is 0 Å². The third-order valence-corrected chi connectivity index (χ3v) is 6.18. The van der Waals surface area contributed by atoms with Crippen LogP contribution in [0.3, 0.4) is 0 Å². The molecule has 9 heteroatoms. The van der Waals surface area contributed by atoms with Crippen molar-refractivity contribution in [1.82, 2.24) is 9.62 Å². The fourth-order valence-corrected chi connectivity index (χ4v) is 4.19. The standard InChI is InChI=1S/C11H17N3O4S2/c1-14(9-5-6-13-8-9)20(17,18)11-4-2-3-10(7-11)19(12,15)16/h2-4,7,9,13H,5-6,8H2,1H3,(H2,12,15,16). The second kappa shape index (κ2) is 5.41. The van der Waals surface area contributed by atoms with Crippen molar-refractivity contribution in [3.8, 4) is 0 Å². The average Bonchev–Trinajstić information content (AvgIpc) is 2.90. The van der Waals surface area contributed by atoms with Crippen LogP contribution in [0.4, 0.5) is 0 Å². The van der Waals surface area contributed by atoms with Crippen LogP contribution in [0.15, 0.2) is 34.1 Å². The smallest absolute Gasteiger partial charge is 0.243 e. The molecule has 7 nitrogen and oxygen atoms in total. The number of benzene rings is 1. The Balaban J connectivity index is 2.39. The summed E-state index contributed by atoms with van der Waals surface area (Å²) in [4.78, 5) is -0.282. The predicted molar refractivity (Wildman–Crippen MR) is 74.0 cm³/mol. The fourth-order valence-electron chi connectivity index (χ4n) is 2.12. The predicted octanol–water partition coefficient (Wildman–Crippen LogP) is -0.684. The Morgan fingerprint density at radius 2 is 1.90 bits per heavy atom. The zero-order valence-electron chi connectivity index (χ0n) is 11.0. The van der Waals surface area contributed by atoms with E-state index < -0.39 is 20.0 Å². The molecule has 0 aliphatic carbocycles. The van der Waals surface area contributed by atoms with E-state index in [9.17, 15) is 16.8 Å². The second-order valence-electron chi connectivity index (χ2n) is 4.69. The van der Waals surface area contributed by atoms with Gasteiger partial charge in [-0.15, -0.1) is 0 Å². The molecule has 1 atom stereocenters. The Kier molecular flexibility index (Phi) is 4.17.